The van der Waals surface area contributed by atoms with E-state index in [1.807, 2.05) is 49.4 Å². The van der Waals surface area contributed by atoms with Crippen LogP contribution in [0.25, 0.3) is 0 Å². The number of thioether (sulfide) groups is 2. The largest absolute Gasteiger partial charge is 0.281 e. The molecule has 4 heteroatoms. The van der Waals surface area contributed by atoms with Gasteiger partial charge in [0, 0.05) is 16.0 Å². The summed E-state index contributed by atoms with van der Waals surface area (Å²) in [5.41, 5.74) is 3.82. The Morgan fingerprint density at radius 3 is 1.88 bits per heavy atom. The molecule has 0 amide bonds. The van der Waals surface area contributed by atoms with Crippen LogP contribution in [-0.4, -0.2) is 10.2 Å². The molecule has 0 unspecified atom stereocenters. The fourth-order valence-electron chi connectivity index (χ4n) is 2.50. The lowest BCUT2D eigenvalue weighted by molar-refractivity contribution is 0.108. The minimum Gasteiger partial charge on any atom is -0.281 e. The van der Waals surface area contributed by atoms with E-state index in [-0.39, 0.29) is 10.2 Å². The first-order valence-electron chi connectivity index (χ1n) is 8.49. The van der Waals surface area contributed by atoms with Crippen molar-refractivity contribution in [2.75, 3.05) is 0 Å². The van der Waals surface area contributed by atoms with Crippen molar-refractivity contribution in [3.05, 3.63) is 87.9 Å². The molecule has 0 fully saturated rings. The van der Waals surface area contributed by atoms with Crippen molar-refractivity contribution in [1.29, 1.82) is 0 Å². The molecule has 0 saturated carbocycles. The quantitative estimate of drug-likeness (QED) is 0.573. The molecule has 132 valence electrons. The van der Waals surface area contributed by atoms with Gasteiger partial charge in [-0.2, -0.15) is 0 Å². The van der Waals surface area contributed by atoms with Crippen LogP contribution in [-0.2, 0) is 0 Å². The maximum absolute atomic E-state index is 12.4. The van der Waals surface area contributed by atoms with Gasteiger partial charge < -0.3 is 0 Å². The summed E-state index contributed by atoms with van der Waals surface area (Å²) in [7, 11) is 0. The second kappa shape index (κ2) is 8.56. The minimum absolute atomic E-state index is 0.00738. The Bertz CT molecular complexity index is 875. The summed E-state index contributed by atoms with van der Waals surface area (Å²) in [6, 6.07) is 14.8. The van der Waals surface area contributed by atoms with Crippen molar-refractivity contribution in [3.63, 3.8) is 0 Å². The van der Waals surface area contributed by atoms with Crippen molar-refractivity contribution in [1.82, 2.24) is 0 Å². The van der Waals surface area contributed by atoms with Crippen LogP contribution in [0.5, 0.6) is 0 Å². The third-order valence-corrected chi connectivity index (χ3v) is 6.08. The van der Waals surface area contributed by atoms with Gasteiger partial charge in [-0.1, -0.05) is 59.3 Å². The van der Waals surface area contributed by atoms with Crippen molar-refractivity contribution in [2.24, 2.45) is 0 Å². The van der Waals surface area contributed by atoms with E-state index in [0.29, 0.717) is 11.1 Å². The number of carbonyl (C=O) groups is 2. The monoisotopic (exact) mass is 380 g/mol. The molecule has 0 saturated heterocycles. The number of hydrogen-bond acceptors (Lipinski definition) is 4. The third kappa shape index (κ3) is 4.99. The van der Waals surface area contributed by atoms with E-state index in [1.54, 1.807) is 12.1 Å². The maximum Gasteiger partial charge on any atom is 0.224 e. The van der Waals surface area contributed by atoms with Crippen molar-refractivity contribution >= 4 is 33.8 Å². The summed E-state index contributed by atoms with van der Waals surface area (Å²) in [6.07, 6.45) is 6.06. The zero-order valence-corrected chi connectivity index (χ0v) is 16.5. The van der Waals surface area contributed by atoms with Crippen molar-refractivity contribution in [2.45, 2.75) is 31.6 Å². The molecule has 2 aromatic carbocycles. The van der Waals surface area contributed by atoms with E-state index >= 15 is 0 Å². The molecular formula is C22H20O2S2. The van der Waals surface area contributed by atoms with Crippen LogP contribution in [0.1, 0.15) is 46.0 Å². The van der Waals surface area contributed by atoms with E-state index in [0.717, 1.165) is 28.2 Å². The summed E-state index contributed by atoms with van der Waals surface area (Å²) in [4.78, 5) is 26.7. The van der Waals surface area contributed by atoms with Gasteiger partial charge in [-0.3, -0.25) is 9.59 Å². The number of benzene rings is 2. The van der Waals surface area contributed by atoms with Crippen LogP contribution in [0.4, 0.5) is 0 Å². The van der Waals surface area contributed by atoms with Gasteiger partial charge in [-0.25, -0.2) is 0 Å². The molecule has 0 radical (unpaired) electrons. The van der Waals surface area contributed by atoms with Crippen LogP contribution >= 0.6 is 23.5 Å². The maximum atomic E-state index is 12.4. The molecule has 2 nitrogen and oxygen atoms in total. The number of carbonyl (C=O) groups excluding carboxylic acids is 2. The second-order valence-electron chi connectivity index (χ2n) is 6.32. The third-order valence-electron chi connectivity index (χ3n) is 4.13. The molecule has 0 aliphatic heterocycles. The van der Waals surface area contributed by atoms with Crippen LogP contribution in [0.15, 0.2) is 76.1 Å². The lowest BCUT2D eigenvalue weighted by Crippen LogP contribution is -1.97. The fourth-order valence-corrected chi connectivity index (χ4v) is 4.07. The SMILES string of the molecule is CC1=CC=C(SC(=O)c2ccc(SC(=O)c3ccc(C)cc3)cc2)CC1. The predicted octanol–water partition coefficient (Wildman–Crippen LogP) is 6.42. The Morgan fingerprint density at radius 1 is 0.731 bits per heavy atom. The van der Waals surface area contributed by atoms with E-state index in [2.05, 4.69) is 13.0 Å². The van der Waals surface area contributed by atoms with Crippen molar-refractivity contribution in [3.8, 4) is 0 Å². The Labute approximate surface area is 162 Å². The van der Waals surface area contributed by atoms with E-state index < -0.39 is 0 Å². The molecule has 26 heavy (non-hydrogen) atoms. The Kier molecular flexibility index (Phi) is 6.17. The second-order valence-corrected chi connectivity index (χ2v) is 8.46. The molecule has 0 atom stereocenters. The standard InChI is InChI=1S/C22H20O2S2/c1-15-3-7-17(8-4-15)21(23)26-20-13-9-18(10-14-20)22(24)25-19-11-5-16(2)6-12-19/h3-5,7-11,13-14H,6,12H2,1-2H3. The molecule has 0 spiro atoms. The topological polar surface area (TPSA) is 34.1 Å². The number of aryl methyl sites for hydroxylation is 1. The highest BCUT2D eigenvalue weighted by Crippen LogP contribution is 2.30. The average Bonchev–Trinajstić information content (AvgIpc) is 2.64. The molecule has 0 N–H and O–H groups in total. The first kappa shape index (κ1) is 18.7. The number of allylic oxidation sites excluding steroid dienone is 4. The molecular weight excluding hydrogens is 360 g/mol. The van der Waals surface area contributed by atoms with Gasteiger partial charge in [-0.05, 0) is 67.6 Å². The first-order chi connectivity index (χ1) is 12.5. The molecule has 3 rings (SSSR count). The van der Waals surface area contributed by atoms with Gasteiger partial charge in [0.2, 0.25) is 10.2 Å². The van der Waals surface area contributed by atoms with E-state index in [4.69, 9.17) is 0 Å². The zero-order valence-electron chi connectivity index (χ0n) is 14.8. The molecule has 0 bridgehead atoms. The zero-order chi connectivity index (χ0) is 18.5. The lowest BCUT2D eigenvalue weighted by Gasteiger charge is -2.10. The summed E-state index contributed by atoms with van der Waals surface area (Å²) in [6.45, 7) is 4.10. The van der Waals surface area contributed by atoms with Gasteiger partial charge in [0.25, 0.3) is 0 Å². The van der Waals surface area contributed by atoms with E-state index in [1.165, 1.54) is 29.1 Å². The van der Waals surface area contributed by atoms with Gasteiger partial charge in [0.05, 0.1) is 0 Å². The molecule has 1 aliphatic rings. The number of rotatable bonds is 4. The molecule has 2 aromatic rings. The summed E-state index contributed by atoms with van der Waals surface area (Å²) >= 11 is 2.48. The summed E-state index contributed by atoms with van der Waals surface area (Å²) < 4.78 is 0. The molecule has 0 heterocycles. The average molecular weight is 381 g/mol. The first-order valence-corrected chi connectivity index (χ1v) is 10.1. The van der Waals surface area contributed by atoms with Crippen LogP contribution in [0, 0.1) is 6.92 Å². The fraction of sp³-hybridized carbons (Fsp3) is 0.182. The Balaban J connectivity index is 1.62. The van der Waals surface area contributed by atoms with Crippen LogP contribution < -0.4 is 0 Å². The number of hydrogen-bond donors (Lipinski definition) is 0. The predicted molar refractivity (Wildman–Crippen MR) is 111 cm³/mol. The highest BCUT2D eigenvalue weighted by molar-refractivity contribution is 8.17. The smallest absolute Gasteiger partial charge is 0.224 e. The molecule has 1 aliphatic carbocycles. The van der Waals surface area contributed by atoms with E-state index in [9.17, 15) is 9.59 Å². The van der Waals surface area contributed by atoms with Gasteiger partial charge >= 0.3 is 0 Å². The highest BCUT2D eigenvalue weighted by Gasteiger charge is 2.13. The highest BCUT2D eigenvalue weighted by atomic mass is 32.2. The lowest BCUT2D eigenvalue weighted by atomic mass is 10.1. The van der Waals surface area contributed by atoms with Crippen LogP contribution in [0.2, 0.25) is 0 Å². The Morgan fingerprint density at radius 2 is 1.31 bits per heavy atom. The van der Waals surface area contributed by atoms with Crippen molar-refractivity contribution < 1.29 is 9.59 Å². The summed E-state index contributed by atoms with van der Waals surface area (Å²) in [5, 5.41) is 0.0542. The molecule has 0 aromatic heterocycles. The van der Waals surface area contributed by atoms with Gasteiger partial charge in [-0.15, -0.1) is 0 Å². The van der Waals surface area contributed by atoms with Crippen LogP contribution in [0.3, 0.4) is 0 Å². The van der Waals surface area contributed by atoms with Gasteiger partial charge in [0.15, 0.2) is 0 Å². The van der Waals surface area contributed by atoms with Gasteiger partial charge in [0.1, 0.15) is 0 Å². The minimum atomic E-state index is 0.00738. The Hall–Kier alpha value is -2.04. The normalized spacial score (nSPS) is 13.8. The summed E-state index contributed by atoms with van der Waals surface area (Å²) in [5.74, 6) is 0.